The van der Waals surface area contributed by atoms with Crippen molar-refractivity contribution >= 4 is 28.3 Å². The smallest absolute Gasteiger partial charge is 0.244 e. The predicted octanol–water partition coefficient (Wildman–Crippen LogP) is 0.163. The van der Waals surface area contributed by atoms with Crippen LogP contribution < -0.4 is 16.0 Å². The summed E-state index contributed by atoms with van der Waals surface area (Å²) in [5.41, 5.74) is 7.21. The molecule has 0 bridgehead atoms. The highest BCUT2D eigenvalue weighted by Crippen LogP contribution is 2.27. The van der Waals surface area contributed by atoms with Gasteiger partial charge in [0.1, 0.15) is 18.2 Å². The van der Waals surface area contributed by atoms with Crippen LogP contribution in [-0.4, -0.2) is 48.7 Å². The van der Waals surface area contributed by atoms with Gasteiger partial charge in [0.05, 0.1) is 18.7 Å². The Bertz CT molecular complexity index is 675. The Hall–Kier alpha value is -2.41. The number of ether oxygens (including phenoxy) is 1. The molecule has 1 amide bonds. The summed E-state index contributed by atoms with van der Waals surface area (Å²) in [4.78, 5) is 22.6. The third-order valence-electron chi connectivity index (χ3n) is 3.59. The van der Waals surface area contributed by atoms with Crippen molar-refractivity contribution in [1.82, 2.24) is 15.3 Å². The van der Waals surface area contributed by atoms with Crippen molar-refractivity contribution in [2.75, 3.05) is 37.4 Å². The summed E-state index contributed by atoms with van der Waals surface area (Å²) >= 11 is 0. The highest BCUT2D eigenvalue weighted by Gasteiger charge is 2.30. The molecule has 21 heavy (non-hydrogen) atoms. The van der Waals surface area contributed by atoms with Gasteiger partial charge >= 0.3 is 0 Å². The lowest BCUT2D eigenvalue weighted by Gasteiger charge is -2.35. The molecule has 110 valence electrons. The number of rotatable bonds is 2. The normalized spacial score (nSPS) is 18.7. The first-order valence-electron chi connectivity index (χ1n) is 6.77. The number of hydrogen-bond donors (Lipinski definition) is 2. The van der Waals surface area contributed by atoms with Gasteiger partial charge in [-0.15, -0.1) is 0 Å². The van der Waals surface area contributed by atoms with Gasteiger partial charge in [-0.05, 0) is 18.2 Å². The molecule has 1 aliphatic heterocycles. The molecule has 1 unspecified atom stereocenters. The van der Waals surface area contributed by atoms with Gasteiger partial charge in [-0.1, -0.05) is 0 Å². The first-order chi connectivity index (χ1) is 10.2. The molecular weight excluding hydrogens is 270 g/mol. The Morgan fingerprint density at radius 2 is 2.33 bits per heavy atom. The summed E-state index contributed by atoms with van der Waals surface area (Å²) in [5, 5.41) is 3.54. The topological polar surface area (TPSA) is 93.4 Å². The molecule has 2 aromatic rings. The zero-order valence-electron chi connectivity index (χ0n) is 11.7. The van der Waals surface area contributed by atoms with Crippen LogP contribution in [0.25, 0.3) is 10.9 Å². The number of carbonyl (C=O) groups is 1. The van der Waals surface area contributed by atoms with Gasteiger partial charge in [-0.3, -0.25) is 4.79 Å². The molecule has 7 nitrogen and oxygen atoms in total. The number of benzene rings is 1. The first-order valence-corrected chi connectivity index (χ1v) is 6.77. The molecule has 0 aliphatic carbocycles. The minimum atomic E-state index is -0.389. The number of nitrogens with one attached hydrogen (secondary N) is 1. The molecule has 0 saturated carbocycles. The van der Waals surface area contributed by atoms with E-state index in [1.165, 1.54) is 6.33 Å². The Morgan fingerprint density at radius 3 is 3.14 bits per heavy atom. The van der Waals surface area contributed by atoms with Crippen molar-refractivity contribution in [1.29, 1.82) is 0 Å². The summed E-state index contributed by atoms with van der Waals surface area (Å²) < 4.78 is 5.42. The van der Waals surface area contributed by atoms with Gasteiger partial charge in [0.15, 0.2) is 0 Å². The number of fused-ring (bicyclic) bond motifs is 1. The molecule has 1 fully saturated rings. The van der Waals surface area contributed by atoms with Crippen LogP contribution in [0, 0.1) is 0 Å². The molecule has 3 rings (SSSR count). The van der Waals surface area contributed by atoms with E-state index in [1.807, 2.05) is 17.0 Å². The second-order valence-electron chi connectivity index (χ2n) is 4.87. The average Bonchev–Trinajstić information content (AvgIpc) is 2.53. The van der Waals surface area contributed by atoms with Crippen molar-refractivity contribution in [3.8, 4) is 0 Å². The van der Waals surface area contributed by atoms with Crippen molar-refractivity contribution in [3.63, 3.8) is 0 Å². The van der Waals surface area contributed by atoms with Crippen LogP contribution in [0.1, 0.15) is 0 Å². The van der Waals surface area contributed by atoms with Gasteiger partial charge in [-0.25, -0.2) is 9.97 Å². The van der Waals surface area contributed by atoms with Crippen LogP contribution in [0.3, 0.4) is 0 Å². The fraction of sp³-hybridized carbons (Fsp3) is 0.357. The molecule has 7 heteroatoms. The van der Waals surface area contributed by atoms with E-state index in [4.69, 9.17) is 10.5 Å². The second-order valence-corrected chi connectivity index (χ2v) is 4.87. The van der Waals surface area contributed by atoms with Gasteiger partial charge < -0.3 is 20.7 Å². The zero-order valence-corrected chi connectivity index (χ0v) is 11.7. The third-order valence-corrected chi connectivity index (χ3v) is 3.59. The third kappa shape index (κ3) is 2.47. The van der Waals surface area contributed by atoms with E-state index in [-0.39, 0.29) is 11.9 Å². The second kappa shape index (κ2) is 5.53. The predicted molar refractivity (Wildman–Crippen MR) is 80.0 cm³/mol. The maximum Gasteiger partial charge on any atom is 0.244 e. The number of nitrogen functional groups attached to an aromatic ring is 1. The fourth-order valence-electron chi connectivity index (χ4n) is 2.53. The van der Waals surface area contributed by atoms with Crippen LogP contribution in [0.4, 0.5) is 11.5 Å². The summed E-state index contributed by atoms with van der Waals surface area (Å²) in [6, 6.07) is 5.11. The lowest BCUT2D eigenvalue weighted by Crippen LogP contribution is -2.53. The van der Waals surface area contributed by atoms with Crippen LogP contribution in [0.2, 0.25) is 0 Å². The molecule has 0 radical (unpaired) electrons. The molecular formula is C14H17N5O2. The first kappa shape index (κ1) is 13.6. The number of likely N-dealkylation sites (N-methyl/N-ethyl adjacent to an activating group) is 1. The Kier molecular flexibility index (Phi) is 3.57. The van der Waals surface area contributed by atoms with E-state index in [2.05, 4.69) is 15.3 Å². The van der Waals surface area contributed by atoms with Crippen LogP contribution in [0.5, 0.6) is 0 Å². The number of nitrogens with zero attached hydrogens (tertiary/aromatic N) is 3. The van der Waals surface area contributed by atoms with Crippen LogP contribution in [0.15, 0.2) is 24.5 Å². The van der Waals surface area contributed by atoms with Crippen molar-refractivity contribution in [2.45, 2.75) is 6.04 Å². The Morgan fingerprint density at radius 1 is 1.48 bits per heavy atom. The number of carbonyl (C=O) groups excluding carboxylic acids is 1. The van der Waals surface area contributed by atoms with Gasteiger partial charge in [0.2, 0.25) is 5.91 Å². The maximum atomic E-state index is 12.0. The molecule has 1 saturated heterocycles. The van der Waals surface area contributed by atoms with Crippen LogP contribution in [-0.2, 0) is 9.53 Å². The Labute approximate surface area is 122 Å². The fourth-order valence-corrected chi connectivity index (χ4v) is 2.53. The van der Waals surface area contributed by atoms with E-state index in [1.54, 1.807) is 13.1 Å². The lowest BCUT2D eigenvalue weighted by atomic mass is 10.1. The SMILES string of the molecule is CNC(=O)C1COCCN1c1ncnc2cc(N)ccc12. The van der Waals surface area contributed by atoms with Crippen LogP contribution >= 0.6 is 0 Å². The van der Waals surface area contributed by atoms with E-state index in [9.17, 15) is 4.79 Å². The number of anilines is 2. The van der Waals surface area contributed by atoms with E-state index in [0.29, 0.717) is 25.4 Å². The quantitative estimate of drug-likeness (QED) is 0.764. The van der Waals surface area contributed by atoms with Crippen molar-refractivity contribution in [3.05, 3.63) is 24.5 Å². The molecule has 1 aromatic carbocycles. The number of aromatic nitrogens is 2. The van der Waals surface area contributed by atoms with Crippen molar-refractivity contribution < 1.29 is 9.53 Å². The maximum absolute atomic E-state index is 12.0. The van der Waals surface area contributed by atoms with Crippen molar-refractivity contribution in [2.24, 2.45) is 0 Å². The number of hydrogen-bond acceptors (Lipinski definition) is 6. The minimum absolute atomic E-state index is 0.0862. The molecule has 3 N–H and O–H groups in total. The lowest BCUT2D eigenvalue weighted by molar-refractivity contribution is -0.124. The van der Waals surface area contributed by atoms with E-state index >= 15 is 0 Å². The van der Waals surface area contributed by atoms with E-state index < -0.39 is 0 Å². The summed E-state index contributed by atoms with van der Waals surface area (Å²) in [5.74, 6) is 0.647. The number of nitrogens with two attached hydrogens (primary N) is 1. The monoisotopic (exact) mass is 287 g/mol. The molecule has 1 aliphatic rings. The van der Waals surface area contributed by atoms with Gasteiger partial charge in [0, 0.05) is 24.7 Å². The van der Waals surface area contributed by atoms with Gasteiger partial charge in [-0.2, -0.15) is 0 Å². The molecule has 2 heterocycles. The minimum Gasteiger partial charge on any atom is -0.399 e. The highest BCUT2D eigenvalue weighted by atomic mass is 16.5. The summed E-state index contributed by atoms with van der Waals surface area (Å²) in [6.45, 7) is 1.52. The number of morpholine rings is 1. The number of amides is 1. The zero-order chi connectivity index (χ0) is 14.8. The van der Waals surface area contributed by atoms with Gasteiger partial charge in [0.25, 0.3) is 0 Å². The standard InChI is InChI=1S/C14H17N5O2/c1-16-14(20)12-7-21-5-4-19(12)13-10-3-2-9(15)6-11(10)17-8-18-13/h2-3,6,8,12H,4-5,7,15H2,1H3,(H,16,20). The largest absolute Gasteiger partial charge is 0.399 e. The Balaban J connectivity index is 2.07. The highest BCUT2D eigenvalue weighted by molar-refractivity contribution is 5.94. The summed E-state index contributed by atoms with van der Waals surface area (Å²) in [7, 11) is 1.62. The van der Waals surface area contributed by atoms with E-state index in [0.717, 1.165) is 16.7 Å². The molecule has 1 aromatic heterocycles. The average molecular weight is 287 g/mol. The summed E-state index contributed by atoms with van der Waals surface area (Å²) in [6.07, 6.45) is 1.49. The molecule has 1 atom stereocenters. The molecule has 0 spiro atoms.